The summed E-state index contributed by atoms with van der Waals surface area (Å²) in [6, 6.07) is 19.4. The molecule has 0 saturated carbocycles. The van der Waals surface area contributed by atoms with Crippen LogP contribution in [0.3, 0.4) is 0 Å². The highest BCUT2D eigenvalue weighted by Crippen LogP contribution is 2.31. The normalized spacial score (nSPS) is 14.1. The van der Waals surface area contributed by atoms with Crippen LogP contribution in [0.25, 0.3) is 11.1 Å². The minimum absolute atomic E-state index is 0.0268. The molecule has 1 aromatic heterocycles. The van der Waals surface area contributed by atoms with Crippen LogP contribution in [-0.4, -0.2) is 41.9 Å². The molecule has 1 aliphatic heterocycles. The predicted molar refractivity (Wildman–Crippen MR) is 130 cm³/mol. The van der Waals surface area contributed by atoms with Crippen molar-refractivity contribution in [3.05, 3.63) is 77.6 Å². The molecule has 170 valence electrons. The number of amides is 2. The highest BCUT2D eigenvalue weighted by Gasteiger charge is 2.26. The Morgan fingerprint density at radius 3 is 2.24 bits per heavy atom. The minimum Gasteiger partial charge on any atom is -0.497 e. The number of ether oxygens (including phenoxy) is 1. The first-order chi connectivity index (χ1) is 15.9. The Morgan fingerprint density at radius 2 is 1.64 bits per heavy atom. The van der Waals surface area contributed by atoms with Gasteiger partial charge in [-0.1, -0.05) is 12.1 Å². The number of anilines is 1. The average Bonchev–Trinajstić information content (AvgIpc) is 2.83. The highest BCUT2D eigenvalue weighted by molar-refractivity contribution is 5.95. The topological polar surface area (TPSA) is 71.5 Å². The van der Waals surface area contributed by atoms with Crippen LogP contribution in [-0.2, 0) is 4.79 Å². The molecule has 3 aromatic rings. The van der Waals surface area contributed by atoms with E-state index in [2.05, 4.69) is 29.6 Å². The quantitative estimate of drug-likeness (QED) is 0.599. The number of aryl methyl sites for hydroxylation is 1. The first kappa shape index (κ1) is 22.5. The van der Waals surface area contributed by atoms with Crippen LogP contribution in [0.1, 0.15) is 47.4 Å². The van der Waals surface area contributed by atoms with E-state index in [1.165, 1.54) is 6.92 Å². The van der Waals surface area contributed by atoms with Gasteiger partial charge in [-0.25, -0.2) is 0 Å². The second kappa shape index (κ2) is 9.86. The number of methoxy groups -OCH3 is 1. The van der Waals surface area contributed by atoms with Gasteiger partial charge in [-0.3, -0.25) is 14.6 Å². The van der Waals surface area contributed by atoms with E-state index < -0.39 is 0 Å². The van der Waals surface area contributed by atoms with Crippen molar-refractivity contribution in [3.63, 3.8) is 0 Å². The number of nitrogens with one attached hydrogen (secondary N) is 1. The van der Waals surface area contributed by atoms with Crippen molar-refractivity contribution in [2.24, 2.45) is 0 Å². The molecular formula is C27H29N3O3. The average molecular weight is 444 g/mol. The number of carbonyl (C=O) groups excluding carboxylic acids is 2. The fourth-order valence-electron chi connectivity index (χ4n) is 4.31. The first-order valence-corrected chi connectivity index (χ1v) is 11.2. The maximum Gasteiger partial charge on any atom is 0.253 e. The maximum absolute atomic E-state index is 12.9. The molecule has 6 heteroatoms. The van der Waals surface area contributed by atoms with Gasteiger partial charge in [0.25, 0.3) is 5.91 Å². The van der Waals surface area contributed by atoms with Gasteiger partial charge >= 0.3 is 0 Å². The second-order valence-corrected chi connectivity index (χ2v) is 8.48. The first-order valence-electron chi connectivity index (χ1n) is 11.2. The van der Waals surface area contributed by atoms with Gasteiger partial charge in [-0.2, -0.15) is 0 Å². The van der Waals surface area contributed by atoms with Crippen molar-refractivity contribution in [2.45, 2.75) is 32.6 Å². The highest BCUT2D eigenvalue weighted by atomic mass is 16.5. The van der Waals surface area contributed by atoms with Gasteiger partial charge in [0.15, 0.2) is 0 Å². The number of hydrogen-bond acceptors (Lipinski definition) is 4. The van der Waals surface area contributed by atoms with Gasteiger partial charge < -0.3 is 15.0 Å². The fraction of sp³-hybridized carbons (Fsp3) is 0.296. The van der Waals surface area contributed by atoms with Gasteiger partial charge in [0, 0.05) is 48.6 Å². The van der Waals surface area contributed by atoms with E-state index in [0.29, 0.717) is 30.3 Å². The monoisotopic (exact) mass is 443 g/mol. The number of benzene rings is 2. The zero-order chi connectivity index (χ0) is 23.4. The smallest absolute Gasteiger partial charge is 0.253 e. The Bertz CT molecular complexity index is 1130. The predicted octanol–water partition coefficient (Wildman–Crippen LogP) is 5.04. The van der Waals surface area contributed by atoms with Gasteiger partial charge in [-0.15, -0.1) is 0 Å². The summed E-state index contributed by atoms with van der Waals surface area (Å²) in [5.41, 5.74) is 5.70. The molecule has 0 spiro atoms. The number of nitrogens with zero attached hydrogens (tertiary/aromatic N) is 2. The summed E-state index contributed by atoms with van der Waals surface area (Å²) in [6.45, 7) is 4.89. The Morgan fingerprint density at radius 1 is 0.970 bits per heavy atom. The molecule has 1 aliphatic rings. The third-order valence-corrected chi connectivity index (χ3v) is 6.05. The van der Waals surface area contributed by atoms with Crippen molar-refractivity contribution < 1.29 is 14.3 Å². The Balaban J connectivity index is 1.42. The lowest BCUT2D eigenvalue weighted by Crippen LogP contribution is -2.38. The molecule has 1 fully saturated rings. The number of likely N-dealkylation sites (tertiary alicyclic amines) is 1. The van der Waals surface area contributed by atoms with Gasteiger partial charge in [0.1, 0.15) is 5.75 Å². The van der Waals surface area contributed by atoms with Crippen molar-refractivity contribution in [3.8, 4) is 16.9 Å². The summed E-state index contributed by atoms with van der Waals surface area (Å²) >= 11 is 0. The van der Waals surface area contributed by atoms with E-state index in [9.17, 15) is 9.59 Å². The standard InChI is InChI=1S/C27H29N3O3/c1-18-16-23(20-6-10-25(33-3)11-7-20)17-26(28-18)21-12-14-30(15-13-21)27(32)22-4-8-24(9-5-22)29-19(2)31/h4-11,16-17,21H,12-15H2,1-3H3,(H,29,31). The third kappa shape index (κ3) is 5.40. The molecule has 2 amide bonds. The molecule has 2 heterocycles. The SMILES string of the molecule is COc1ccc(-c2cc(C)nc(C3CCN(C(=O)c4ccc(NC(C)=O)cc4)CC3)c2)cc1. The van der Waals surface area contributed by atoms with Crippen LogP contribution >= 0.6 is 0 Å². The Kier molecular flexibility index (Phi) is 6.73. The van der Waals surface area contributed by atoms with Crippen molar-refractivity contribution in [2.75, 3.05) is 25.5 Å². The molecule has 6 nitrogen and oxygen atoms in total. The molecule has 0 radical (unpaired) electrons. The fourth-order valence-corrected chi connectivity index (χ4v) is 4.31. The molecule has 0 atom stereocenters. The van der Waals surface area contributed by atoms with Crippen molar-refractivity contribution in [1.82, 2.24) is 9.88 Å². The van der Waals surface area contributed by atoms with Crippen molar-refractivity contribution >= 4 is 17.5 Å². The molecular weight excluding hydrogens is 414 g/mol. The molecule has 0 bridgehead atoms. The van der Waals surface area contributed by atoms with E-state index in [4.69, 9.17) is 9.72 Å². The van der Waals surface area contributed by atoms with E-state index in [1.807, 2.05) is 24.0 Å². The minimum atomic E-state index is -0.129. The second-order valence-electron chi connectivity index (χ2n) is 8.48. The number of pyridine rings is 1. The summed E-state index contributed by atoms with van der Waals surface area (Å²) in [5, 5.41) is 2.72. The zero-order valence-corrected chi connectivity index (χ0v) is 19.3. The summed E-state index contributed by atoms with van der Waals surface area (Å²) in [6.07, 6.45) is 1.77. The van der Waals surface area contributed by atoms with E-state index in [1.54, 1.807) is 31.4 Å². The summed E-state index contributed by atoms with van der Waals surface area (Å²) < 4.78 is 5.27. The van der Waals surface area contributed by atoms with Crippen LogP contribution in [0, 0.1) is 6.92 Å². The molecule has 0 aliphatic carbocycles. The van der Waals surface area contributed by atoms with E-state index >= 15 is 0 Å². The molecule has 1 N–H and O–H groups in total. The number of hydrogen-bond donors (Lipinski definition) is 1. The van der Waals surface area contributed by atoms with E-state index in [0.717, 1.165) is 41.1 Å². The summed E-state index contributed by atoms with van der Waals surface area (Å²) in [5.74, 6) is 1.06. The number of carbonyl (C=O) groups is 2. The molecule has 2 aromatic carbocycles. The number of aromatic nitrogens is 1. The molecule has 4 rings (SSSR count). The molecule has 0 unspecified atom stereocenters. The maximum atomic E-state index is 12.9. The third-order valence-electron chi connectivity index (χ3n) is 6.05. The van der Waals surface area contributed by atoms with E-state index in [-0.39, 0.29) is 11.8 Å². The lowest BCUT2D eigenvalue weighted by Gasteiger charge is -2.32. The molecule has 1 saturated heterocycles. The summed E-state index contributed by atoms with van der Waals surface area (Å²) in [7, 11) is 1.67. The van der Waals surface area contributed by atoms with Crippen LogP contribution in [0.4, 0.5) is 5.69 Å². The van der Waals surface area contributed by atoms with Crippen LogP contribution in [0.2, 0.25) is 0 Å². The van der Waals surface area contributed by atoms with Crippen LogP contribution in [0.5, 0.6) is 5.75 Å². The van der Waals surface area contributed by atoms with Crippen LogP contribution < -0.4 is 10.1 Å². The lowest BCUT2D eigenvalue weighted by molar-refractivity contribution is -0.114. The van der Waals surface area contributed by atoms with Gasteiger partial charge in [0.2, 0.25) is 5.91 Å². The number of piperidine rings is 1. The largest absolute Gasteiger partial charge is 0.497 e. The van der Waals surface area contributed by atoms with Crippen LogP contribution in [0.15, 0.2) is 60.7 Å². The molecule has 33 heavy (non-hydrogen) atoms. The van der Waals surface area contributed by atoms with Crippen molar-refractivity contribution in [1.29, 1.82) is 0 Å². The Hall–Kier alpha value is -3.67. The summed E-state index contributed by atoms with van der Waals surface area (Å²) in [4.78, 5) is 30.8. The zero-order valence-electron chi connectivity index (χ0n) is 19.3. The van der Waals surface area contributed by atoms with Gasteiger partial charge in [0.05, 0.1) is 7.11 Å². The Labute approximate surface area is 194 Å². The number of rotatable bonds is 5. The van der Waals surface area contributed by atoms with Gasteiger partial charge in [-0.05, 0) is 79.4 Å². The lowest BCUT2D eigenvalue weighted by atomic mass is 9.91.